The lowest BCUT2D eigenvalue weighted by Gasteiger charge is -2.20. The first-order valence-corrected chi connectivity index (χ1v) is 7.35. The summed E-state index contributed by atoms with van der Waals surface area (Å²) in [5.41, 5.74) is 2.57. The van der Waals surface area contributed by atoms with Crippen LogP contribution < -0.4 is 5.32 Å². The Morgan fingerprint density at radius 1 is 1.28 bits per heavy atom. The molecule has 1 rings (SSSR count). The normalized spacial score (nSPS) is 14.7. The second kappa shape index (κ2) is 7.57. The molecular weight excluding hydrogens is 222 g/mol. The van der Waals surface area contributed by atoms with Gasteiger partial charge in [0.1, 0.15) is 0 Å². The third-order valence-electron chi connectivity index (χ3n) is 3.78. The van der Waals surface area contributed by atoms with E-state index in [0.29, 0.717) is 6.04 Å². The molecule has 1 heterocycles. The largest absolute Gasteiger partial charge is 0.310 e. The van der Waals surface area contributed by atoms with Crippen LogP contribution in [0.2, 0.25) is 0 Å². The third-order valence-corrected chi connectivity index (χ3v) is 3.78. The Morgan fingerprint density at radius 3 is 2.56 bits per heavy atom. The van der Waals surface area contributed by atoms with E-state index in [1.54, 1.807) is 0 Å². The van der Waals surface area contributed by atoms with Crippen molar-refractivity contribution in [2.75, 3.05) is 0 Å². The second-order valence-corrected chi connectivity index (χ2v) is 5.36. The number of aryl methyl sites for hydroxylation is 2. The number of aromatic nitrogens is 2. The minimum Gasteiger partial charge on any atom is -0.310 e. The Morgan fingerprint density at radius 2 is 2.00 bits per heavy atom. The first kappa shape index (κ1) is 15.2. The lowest BCUT2D eigenvalue weighted by atomic mass is 9.97. The van der Waals surface area contributed by atoms with E-state index in [2.05, 4.69) is 44.3 Å². The van der Waals surface area contributed by atoms with E-state index in [-0.39, 0.29) is 0 Å². The van der Waals surface area contributed by atoms with Crippen molar-refractivity contribution in [3.05, 3.63) is 17.5 Å². The summed E-state index contributed by atoms with van der Waals surface area (Å²) < 4.78 is 1.92. The van der Waals surface area contributed by atoms with Crippen molar-refractivity contribution >= 4 is 0 Å². The quantitative estimate of drug-likeness (QED) is 0.768. The predicted molar refractivity (Wildman–Crippen MR) is 77.6 cm³/mol. The Kier molecular flexibility index (Phi) is 6.41. The molecule has 3 heteroatoms. The van der Waals surface area contributed by atoms with Crippen molar-refractivity contribution in [1.82, 2.24) is 15.1 Å². The van der Waals surface area contributed by atoms with Crippen molar-refractivity contribution in [2.24, 2.45) is 13.0 Å². The summed E-state index contributed by atoms with van der Waals surface area (Å²) in [6.07, 6.45) is 6.90. The van der Waals surface area contributed by atoms with Crippen LogP contribution in [0.4, 0.5) is 0 Å². The summed E-state index contributed by atoms with van der Waals surface area (Å²) in [5.74, 6) is 0.807. The van der Waals surface area contributed by atoms with E-state index in [9.17, 15) is 0 Å². The molecule has 0 saturated heterocycles. The molecule has 104 valence electrons. The fourth-order valence-electron chi connectivity index (χ4n) is 2.33. The zero-order chi connectivity index (χ0) is 13.5. The first-order valence-electron chi connectivity index (χ1n) is 7.35. The van der Waals surface area contributed by atoms with Gasteiger partial charge >= 0.3 is 0 Å². The Hall–Kier alpha value is -0.830. The van der Waals surface area contributed by atoms with Crippen LogP contribution in [0, 0.1) is 5.92 Å². The summed E-state index contributed by atoms with van der Waals surface area (Å²) in [6.45, 7) is 10.00. The molecule has 0 spiro atoms. The number of rotatable bonds is 8. The van der Waals surface area contributed by atoms with Gasteiger partial charge in [-0.15, -0.1) is 0 Å². The molecule has 18 heavy (non-hydrogen) atoms. The van der Waals surface area contributed by atoms with E-state index >= 15 is 0 Å². The van der Waals surface area contributed by atoms with Crippen LogP contribution in [0.3, 0.4) is 0 Å². The zero-order valence-corrected chi connectivity index (χ0v) is 12.7. The monoisotopic (exact) mass is 251 g/mol. The Labute approximate surface area is 112 Å². The van der Waals surface area contributed by atoms with Crippen LogP contribution in [0.5, 0.6) is 0 Å². The Balaban J connectivity index is 2.51. The van der Waals surface area contributed by atoms with E-state index < -0.39 is 0 Å². The fourth-order valence-corrected chi connectivity index (χ4v) is 2.33. The van der Waals surface area contributed by atoms with Gasteiger partial charge in [0.25, 0.3) is 0 Å². The van der Waals surface area contributed by atoms with Gasteiger partial charge in [-0.3, -0.25) is 4.68 Å². The first-order chi connectivity index (χ1) is 8.60. The maximum Gasteiger partial charge on any atom is 0.0666 e. The molecule has 0 bridgehead atoms. The van der Waals surface area contributed by atoms with Gasteiger partial charge in [-0.1, -0.05) is 34.1 Å². The second-order valence-electron chi connectivity index (χ2n) is 5.36. The van der Waals surface area contributed by atoms with Gasteiger partial charge in [-0.2, -0.15) is 5.10 Å². The SMILES string of the molecule is CCc1nn(C)cc1CNC(CC)CC(C)CC. The van der Waals surface area contributed by atoms with Crippen LogP contribution in [0.1, 0.15) is 58.2 Å². The number of hydrogen-bond acceptors (Lipinski definition) is 2. The highest BCUT2D eigenvalue weighted by Crippen LogP contribution is 2.13. The molecule has 0 aromatic carbocycles. The standard InChI is InChI=1S/C15H29N3/c1-6-12(4)9-14(7-2)16-10-13-11-18(5)17-15(13)8-3/h11-12,14,16H,6-10H2,1-5H3. The van der Waals surface area contributed by atoms with Gasteiger partial charge in [-0.25, -0.2) is 0 Å². The van der Waals surface area contributed by atoms with Gasteiger partial charge in [0.2, 0.25) is 0 Å². The smallest absolute Gasteiger partial charge is 0.0666 e. The predicted octanol–water partition coefficient (Wildman–Crippen LogP) is 3.29. The van der Waals surface area contributed by atoms with Crippen LogP contribution in [0.15, 0.2) is 6.20 Å². The maximum atomic E-state index is 4.49. The molecule has 3 nitrogen and oxygen atoms in total. The lowest BCUT2D eigenvalue weighted by Crippen LogP contribution is -2.29. The summed E-state index contributed by atoms with van der Waals surface area (Å²) >= 11 is 0. The molecular formula is C15H29N3. The van der Waals surface area contributed by atoms with Crippen LogP contribution >= 0.6 is 0 Å². The van der Waals surface area contributed by atoms with Crippen LogP contribution in [-0.2, 0) is 20.0 Å². The van der Waals surface area contributed by atoms with Gasteiger partial charge in [-0.05, 0) is 25.2 Å². The zero-order valence-electron chi connectivity index (χ0n) is 12.7. The number of hydrogen-bond donors (Lipinski definition) is 1. The van der Waals surface area contributed by atoms with E-state index in [1.807, 2.05) is 11.7 Å². The van der Waals surface area contributed by atoms with Crippen molar-refractivity contribution in [3.8, 4) is 0 Å². The average Bonchev–Trinajstić information content (AvgIpc) is 2.74. The van der Waals surface area contributed by atoms with Gasteiger partial charge < -0.3 is 5.32 Å². The molecule has 0 aliphatic rings. The number of nitrogens with one attached hydrogen (secondary N) is 1. The summed E-state index contributed by atoms with van der Waals surface area (Å²) in [5, 5.41) is 8.17. The molecule has 1 N–H and O–H groups in total. The third kappa shape index (κ3) is 4.45. The lowest BCUT2D eigenvalue weighted by molar-refractivity contribution is 0.383. The minimum absolute atomic E-state index is 0.630. The van der Waals surface area contributed by atoms with E-state index in [0.717, 1.165) is 18.9 Å². The van der Waals surface area contributed by atoms with E-state index in [1.165, 1.54) is 30.5 Å². The van der Waals surface area contributed by atoms with Crippen molar-refractivity contribution in [2.45, 2.75) is 66.0 Å². The maximum absolute atomic E-state index is 4.49. The summed E-state index contributed by atoms with van der Waals surface area (Å²) in [4.78, 5) is 0. The molecule has 1 aromatic rings. The van der Waals surface area contributed by atoms with Gasteiger partial charge in [0.05, 0.1) is 5.69 Å². The molecule has 2 unspecified atom stereocenters. The minimum atomic E-state index is 0.630. The van der Waals surface area contributed by atoms with Gasteiger partial charge in [0.15, 0.2) is 0 Å². The van der Waals surface area contributed by atoms with Crippen molar-refractivity contribution in [3.63, 3.8) is 0 Å². The van der Waals surface area contributed by atoms with E-state index in [4.69, 9.17) is 0 Å². The molecule has 2 atom stereocenters. The number of nitrogens with zero attached hydrogens (tertiary/aromatic N) is 2. The fraction of sp³-hybridized carbons (Fsp3) is 0.800. The molecule has 0 amide bonds. The van der Waals surface area contributed by atoms with Crippen LogP contribution in [0.25, 0.3) is 0 Å². The molecule has 0 radical (unpaired) electrons. The Bertz CT molecular complexity index is 344. The highest BCUT2D eigenvalue weighted by Gasteiger charge is 2.12. The molecule has 0 saturated carbocycles. The summed E-state index contributed by atoms with van der Waals surface area (Å²) in [7, 11) is 2.00. The molecule has 0 fully saturated rings. The van der Waals surface area contributed by atoms with Crippen molar-refractivity contribution < 1.29 is 0 Å². The highest BCUT2D eigenvalue weighted by molar-refractivity contribution is 5.16. The topological polar surface area (TPSA) is 29.9 Å². The molecule has 0 aliphatic heterocycles. The summed E-state index contributed by atoms with van der Waals surface area (Å²) in [6, 6.07) is 0.630. The highest BCUT2D eigenvalue weighted by atomic mass is 15.3. The molecule has 0 aliphatic carbocycles. The molecule has 1 aromatic heterocycles. The van der Waals surface area contributed by atoms with Crippen molar-refractivity contribution in [1.29, 1.82) is 0 Å². The average molecular weight is 251 g/mol. The van der Waals surface area contributed by atoms with Gasteiger partial charge in [0, 0.05) is 31.4 Å². The van der Waals surface area contributed by atoms with Crippen LogP contribution in [-0.4, -0.2) is 15.8 Å².